The van der Waals surface area contributed by atoms with E-state index < -0.39 is 0 Å². The van der Waals surface area contributed by atoms with Crippen LogP contribution in [-0.2, 0) is 20.0 Å². The molecule has 2 heterocycles. The normalized spacial score (nSPS) is 13.0. The van der Waals surface area contributed by atoms with Crippen LogP contribution in [0.4, 0.5) is 5.13 Å². The van der Waals surface area contributed by atoms with Gasteiger partial charge in [0.15, 0.2) is 11.1 Å². The van der Waals surface area contributed by atoms with Gasteiger partial charge in [0.1, 0.15) is 0 Å². The van der Waals surface area contributed by atoms with Gasteiger partial charge in [-0.1, -0.05) is 0 Å². The molecule has 0 amide bonds. The van der Waals surface area contributed by atoms with E-state index in [0.717, 1.165) is 35.4 Å². The van der Waals surface area contributed by atoms with Gasteiger partial charge in [0, 0.05) is 44.8 Å². The van der Waals surface area contributed by atoms with Gasteiger partial charge < -0.3 is 15.5 Å². The minimum atomic E-state index is 0.252. The lowest BCUT2D eigenvalue weighted by molar-refractivity contribution is 0.635. The fraction of sp³-hybridized carbons (Fsp3) is 0.611. The number of aliphatic imine (C=N–C) groups is 1. The van der Waals surface area contributed by atoms with Crippen molar-refractivity contribution in [1.82, 2.24) is 25.4 Å². The van der Waals surface area contributed by atoms with E-state index in [4.69, 9.17) is 0 Å². The highest BCUT2D eigenvalue weighted by molar-refractivity contribution is 7.13. The lowest BCUT2D eigenvalue weighted by Gasteiger charge is -2.18. The molecule has 0 bridgehead atoms. The number of nitrogens with one attached hydrogen (secondary N) is 2. The first-order chi connectivity index (χ1) is 12.3. The van der Waals surface area contributed by atoms with Gasteiger partial charge in [0.2, 0.25) is 0 Å². The summed E-state index contributed by atoms with van der Waals surface area (Å²) in [6.07, 6.45) is 0.914. The van der Waals surface area contributed by atoms with Crippen molar-refractivity contribution in [2.45, 2.75) is 46.7 Å². The lowest BCUT2D eigenvalue weighted by Crippen LogP contribution is -2.43. The summed E-state index contributed by atoms with van der Waals surface area (Å²) >= 11 is 1.64. The van der Waals surface area contributed by atoms with Gasteiger partial charge in [-0.25, -0.2) is 9.98 Å². The van der Waals surface area contributed by atoms with Gasteiger partial charge in [0.05, 0.1) is 17.9 Å². The first-order valence-corrected chi connectivity index (χ1v) is 9.85. The van der Waals surface area contributed by atoms with Gasteiger partial charge in [-0.2, -0.15) is 5.10 Å². The second kappa shape index (κ2) is 9.02. The van der Waals surface area contributed by atoms with Crippen LogP contribution in [0.15, 0.2) is 10.4 Å². The molecule has 8 heteroatoms. The topological polar surface area (TPSA) is 70.4 Å². The number of thiazole rings is 1. The second-order valence-electron chi connectivity index (χ2n) is 6.73. The SMILES string of the molecule is CCNC(=NCc1csc(N(C)C)n1)NC(C)Cc1c(C)nn(C)c1C. The third-order valence-electron chi connectivity index (χ3n) is 4.22. The molecule has 0 spiro atoms. The number of anilines is 1. The summed E-state index contributed by atoms with van der Waals surface area (Å²) in [5.74, 6) is 0.818. The maximum absolute atomic E-state index is 4.69. The zero-order valence-corrected chi connectivity index (χ0v) is 17.7. The Morgan fingerprint density at radius 2 is 2.12 bits per heavy atom. The van der Waals surface area contributed by atoms with Crippen LogP contribution in [0.5, 0.6) is 0 Å². The fourth-order valence-electron chi connectivity index (χ4n) is 2.76. The van der Waals surface area contributed by atoms with Crippen molar-refractivity contribution in [2.75, 3.05) is 25.5 Å². The molecule has 0 aliphatic carbocycles. The Morgan fingerprint density at radius 1 is 1.38 bits per heavy atom. The van der Waals surface area contributed by atoms with E-state index in [1.807, 2.05) is 30.7 Å². The molecule has 2 rings (SSSR count). The van der Waals surface area contributed by atoms with Crippen molar-refractivity contribution >= 4 is 22.4 Å². The standard InChI is InChI=1S/C18H31N7S/c1-8-19-17(20-10-15-11-26-18(22-15)24(5)6)21-12(2)9-16-13(3)23-25(7)14(16)4/h11-12H,8-10H2,1-7H3,(H2,19,20,21). The van der Waals surface area contributed by atoms with E-state index in [9.17, 15) is 0 Å². The van der Waals surface area contributed by atoms with Gasteiger partial charge in [-0.3, -0.25) is 4.68 Å². The molecule has 0 aliphatic heterocycles. The Bertz CT molecular complexity index is 745. The lowest BCUT2D eigenvalue weighted by atomic mass is 10.1. The van der Waals surface area contributed by atoms with E-state index in [-0.39, 0.29) is 6.04 Å². The Labute approximate surface area is 160 Å². The van der Waals surface area contributed by atoms with Crippen molar-refractivity contribution in [3.63, 3.8) is 0 Å². The molecular formula is C18H31N7S. The summed E-state index contributed by atoms with van der Waals surface area (Å²) < 4.78 is 1.95. The molecule has 2 aromatic rings. The first-order valence-electron chi connectivity index (χ1n) is 8.97. The fourth-order valence-corrected chi connectivity index (χ4v) is 3.51. The van der Waals surface area contributed by atoms with Crippen molar-refractivity contribution in [1.29, 1.82) is 0 Å². The van der Waals surface area contributed by atoms with Gasteiger partial charge in [0.25, 0.3) is 0 Å². The highest BCUT2D eigenvalue weighted by Gasteiger charge is 2.14. The third-order valence-corrected chi connectivity index (χ3v) is 5.28. The van der Waals surface area contributed by atoms with E-state index in [0.29, 0.717) is 6.54 Å². The molecule has 26 heavy (non-hydrogen) atoms. The third kappa shape index (κ3) is 5.20. The Morgan fingerprint density at radius 3 is 2.65 bits per heavy atom. The summed E-state index contributed by atoms with van der Waals surface area (Å²) in [4.78, 5) is 11.3. The van der Waals surface area contributed by atoms with Crippen LogP contribution >= 0.6 is 11.3 Å². The first kappa shape index (κ1) is 20.2. The minimum absolute atomic E-state index is 0.252. The van der Waals surface area contributed by atoms with Crippen LogP contribution in [0.1, 0.15) is 36.5 Å². The van der Waals surface area contributed by atoms with Crippen molar-refractivity contribution in [3.05, 3.63) is 28.0 Å². The number of aromatic nitrogens is 3. The van der Waals surface area contributed by atoms with Crippen LogP contribution in [0.25, 0.3) is 0 Å². The molecule has 0 aromatic carbocycles. The molecule has 0 aliphatic rings. The average molecular weight is 378 g/mol. The maximum Gasteiger partial charge on any atom is 0.191 e. The van der Waals surface area contributed by atoms with Crippen molar-refractivity contribution in [2.24, 2.45) is 12.0 Å². The summed E-state index contributed by atoms with van der Waals surface area (Å²) in [7, 11) is 5.99. The van der Waals surface area contributed by atoms with E-state index in [2.05, 4.69) is 58.8 Å². The van der Waals surface area contributed by atoms with Crippen LogP contribution in [0.2, 0.25) is 0 Å². The molecule has 1 atom stereocenters. The number of rotatable bonds is 7. The number of hydrogen-bond donors (Lipinski definition) is 2. The molecule has 2 aromatic heterocycles. The monoisotopic (exact) mass is 377 g/mol. The van der Waals surface area contributed by atoms with Gasteiger partial charge in [-0.15, -0.1) is 11.3 Å². The molecule has 2 N–H and O–H groups in total. The number of nitrogens with zero attached hydrogens (tertiary/aromatic N) is 5. The number of hydrogen-bond acceptors (Lipinski definition) is 5. The highest BCUT2D eigenvalue weighted by atomic mass is 32.1. The smallest absolute Gasteiger partial charge is 0.191 e. The van der Waals surface area contributed by atoms with Gasteiger partial charge >= 0.3 is 0 Å². The highest BCUT2D eigenvalue weighted by Crippen LogP contribution is 2.18. The van der Waals surface area contributed by atoms with E-state index >= 15 is 0 Å². The van der Waals surface area contributed by atoms with E-state index in [1.54, 1.807) is 11.3 Å². The predicted molar refractivity (Wildman–Crippen MR) is 110 cm³/mol. The Hall–Kier alpha value is -2.09. The molecule has 0 radical (unpaired) electrons. The molecule has 0 fully saturated rings. The molecular weight excluding hydrogens is 346 g/mol. The van der Waals surface area contributed by atoms with Crippen LogP contribution < -0.4 is 15.5 Å². The van der Waals surface area contributed by atoms with Crippen LogP contribution in [0, 0.1) is 13.8 Å². The zero-order chi connectivity index (χ0) is 19.3. The number of aryl methyl sites for hydroxylation is 2. The van der Waals surface area contributed by atoms with Crippen molar-refractivity contribution in [3.8, 4) is 0 Å². The molecule has 0 saturated heterocycles. The zero-order valence-electron chi connectivity index (χ0n) is 16.9. The molecule has 144 valence electrons. The second-order valence-corrected chi connectivity index (χ2v) is 7.57. The summed E-state index contributed by atoms with van der Waals surface area (Å²) in [5.41, 5.74) is 4.61. The molecule has 1 unspecified atom stereocenters. The largest absolute Gasteiger partial charge is 0.357 e. The Kier molecular flexibility index (Phi) is 7.02. The van der Waals surface area contributed by atoms with Crippen LogP contribution in [-0.4, -0.2) is 47.4 Å². The molecule has 7 nitrogen and oxygen atoms in total. The van der Waals surface area contributed by atoms with Crippen LogP contribution in [0.3, 0.4) is 0 Å². The van der Waals surface area contributed by atoms with Gasteiger partial charge in [-0.05, 0) is 39.7 Å². The summed E-state index contributed by atoms with van der Waals surface area (Å²) in [6.45, 7) is 9.82. The molecule has 0 saturated carbocycles. The predicted octanol–water partition coefficient (Wildman–Crippen LogP) is 2.25. The number of guanidine groups is 1. The van der Waals surface area contributed by atoms with E-state index in [1.165, 1.54) is 11.3 Å². The summed E-state index contributed by atoms with van der Waals surface area (Å²) in [6, 6.07) is 0.252. The minimum Gasteiger partial charge on any atom is -0.357 e. The Balaban J connectivity index is 2.01. The van der Waals surface area contributed by atoms with Crippen molar-refractivity contribution < 1.29 is 0 Å². The quantitative estimate of drug-likeness (QED) is 0.572. The maximum atomic E-state index is 4.69. The summed E-state index contributed by atoms with van der Waals surface area (Å²) in [5, 5.41) is 14.4. The average Bonchev–Trinajstić information content (AvgIpc) is 3.14.